The average Bonchev–Trinajstić information content (AvgIpc) is 0.774. The van der Waals surface area contributed by atoms with Crippen LogP contribution in [0.15, 0.2) is 0 Å². The summed E-state index contributed by atoms with van der Waals surface area (Å²) in [4.78, 5) is 50.1. The van der Waals surface area contributed by atoms with Gasteiger partial charge >= 0.3 is 0 Å². The molecule has 39 atom stereocenters. The van der Waals surface area contributed by atoms with E-state index < -0.39 is 322 Å². The van der Waals surface area contributed by atoms with Crippen molar-refractivity contribution >= 4 is 23.6 Å². The molecule has 7 aliphatic heterocycles. The molecule has 0 spiro atoms. The van der Waals surface area contributed by atoms with Crippen LogP contribution in [0.3, 0.4) is 0 Å². The van der Waals surface area contributed by atoms with Crippen molar-refractivity contribution in [2.75, 3.05) is 59.5 Å². The van der Waals surface area contributed by atoms with Crippen LogP contribution in [-0.2, 0) is 85.5 Å². The molecule has 7 aliphatic rings. The number of aliphatic hydroxyl groups is 23. The Morgan fingerprint density at radius 3 is 1.14 bits per heavy atom. The SMILES string of the molecule is CC(=O)N[C@H]1[C@H](O[C@@H]([C@H](O)[C@H](CO)NC(C)=O)[C@H](O)CO)O[C@H](CO)[C@@H](O[C@@H]2O[C@H](CO[C@H]3O[C@H](CO)[C@@H](O)[C@H](O)[C@@H]3O[C@@H]3O[C@H](CO)[C@@H](O)[C@H](O)[C@H]3NC(C)=O)[C@@H](O)[C@H](O[C@H]3O[C@H](CO)[C@@H](O)[C@H](O)[C@@H]3O[C@@H]3O[C@H](CO)[C@@H](O[C@@H]4O[C@H](CO)[C@H](O)[C@H](O)[C@H]4O)[C@H](O)[C@H]3NC(C)=O)[C@@H]2O)[C@@H]1O. The number of carbonyl (C=O) groups is 4. The first-order chi connectivity index (χ1) is 47.7. The summed E-state index contributed by atoms with van der Waals surface area (Å²) in [5.41, 5.74) is 0. The summed E-state index contributed by atoms with van der Waals surface area (Å²) in [6, 6.07) is -7.21. The molecule has 45 heteroatoms. The van der Waals surface area contributed by atoms with Crippen molar-refractivity contribution in [1.82, 2.24) is 21.3 Å². The van der Waals surface area contributed by atoms with E-state index in [2.05, 4.69) is 21.3 Å². The van der Waals surface area contributed by atoms with Gasteiger partial charge in [0.1, 0.15) is 189 Å². The molecule has 7 rings (SSSR count). The Hall–Kier alpha value is -3.60. The minimum Gasteiger partial charge on any atom is -0.394 e. The van der Waals surface area contributed by atoms with Gasteiger partial charge in [0.15, 0.2) is 44.0 Å². The minimum absolute atomic E-state index is 0.796. The normalized spacial score (nSPS) is 45.0. The van der Waals surface area contributed by atoms with E-state index in [1.165, 1.54) is 0 Å². The van der Waals surface area contributed by atoms with Crippen LogP contribution in [-0.4, -0.2) is 440 Å². The van der Waals surface area contributed by atoms with E-state index in [0.29, 0.717) is 0 Å². The number of hydrogen-bond acceptors (Lipinski definition) is 41. The maximum Gasteiger partial charge on any atom is 0.217 e. The van der Waals surface area contributed by atoms with Gasteiger partial charge in [-0.2, -0.15) is 0 Å². The second-order valence-electron chi connectivity index (χ2n) is 25.1. The number of rotatable bonds is 30. The van der Waals surface area contributed by atoms with E-state index in [9.17, 15) is 137 Å². The molecule has 0 aliphatic carbocycles. The van der Waals surface area contributed by atoms with Crippen LogP contribution in [0.4, 0.5) is 0 Å². The van der Waals surface area contributed by atoms with E-state index in [0.717, 1.165) is 27.7 Å². The quantitative estimate of drug-likeness (QED) is 0.0318. The predicted octanol–water partition coefficient (Wildman–Crippen LogP) is -18.2. The molecule has 0 aromatic heterocycles. The van der Waals surface area contributed by atoms with Crippen molar-refractivity contribution in [2.45, 2.75) is 267 Å². The molecule has 45 nitrogen and oxygen atoms in total. The highest BCUT2D eigenvalue weighted by atomic mass is 16.8. The minimum atomic E-state index is -2.54. The summed E-state index contributed by atoms with van der Waals surface area (Å²) in [5.74, 6) is -3.53. The number of aliphatic hydroxyl groups excluding tert-OH is 23. The molecule has 7 fully saturated rings. The molecule has 7 heterocycles. The summed E-state index contributed by atoms with van der Waals surface area (Å²) in [7, 11) is 0. The Balaban J connectivity index is 1.26. The summed E-state index contributed by atoms with van der Waals surface area (Å²) in [5, 5.41) is 262. The highest BCUT2D eigenvalue weighted by Gasteiger charge is 2.60. The number of carbonyl (C=O) groups excluding carboxylic acids is 4. The zero-order chi connectivity index (χ0) is 74.9. The van der Waals surface area contributed by atoms with Gasteiger partial charge in [0.2, 0.25) is 23.6 Å². The standard InChI is InChI=1S/C56H96N4O41/c1-14(69)57-18(5-61)30(74)44(19(73)6-62)96-51-28(59-16(3)71)37(81)46(25(12-68)93-51)98-54-43(87)47(35(79)26(95-54)13-88-55-48(40(84)33(77)22(9-65)91-55)100-50-27(58-15(2)70)36(80)31(75)20(7-63)89-50)99-56-49(41(85)34(78)23(10-66)92-56)101-52-29(60-17(4)72)38(82)45(24(11-67)94-52)97-53-42(86)39(83)32(76)21(8-64)90-53/h18-56,61-68,73-87H,5-13H2,1-4H3,(H,57,69)(H,58,70)(H,59,71)(H,60,72)/t18-,19+,20+,21+,22+,23+,24+,25+,26+,27+,28+,29+,30+,31+,32-,33+,34+,35+,36+,37+,38+,39-,40-,41-,42+,43-,44+,45+,46+,47-,48-,49-,50-,51-,52-,53-,54-,55-,56+/m0/s1. The van der Waals surface area contributed by atoms with Gasteiger partial charge in [-0.15, -0.1) is 0 Å². The van der Waals surface area contributed by atoms with E-state index in [1.54, 1.807) is 0 Å². The van der Waals surface area contributed by atoms with Gasteiger partial charge in [-0.05, 0) is 0 Å². The summed E-state index contributed by atoms with van der Waals surface area (Å²) in [6.07, 6.45) is -73.0. The number of amides is 4. The molecular formula is C56H96N4O41. The van der Waals surface area contributed by atoms with Gasteiger partial charge < -0.3 is 205 Å². The first-order valence-corrected chi connectivity index (χ1v) is 32.0. The molecule has 27 N–H and O–H groups in total. The molecule has 101 heavy (non-hydrogen) atoms. The molecule has 0 radical (unpaired) electrons. The van der Waals surface area contributed by atoms with E-state index >= 15 is 0 Å². The van der Waals surface area contributed by atoms with Crippen LogP contribution in [0.2, 0.25) is 0 Å². The van der Waals surface area contributed by atoms with Crippen LogP contribution in [0, 0.1) is 0 Å². The van der Waals surface area contributed by atoms with Gasteiger partial charge in [-0.25, -0.2) is 0 Å². The third-order valence-electron chi connectivity index (χ3n) is 17.9. The largest absolute Gasteiger partial charge is 0.394 e. The molecule has 0 unspecified atom stereocenters. The lowest BCUT2D eigenvalue weighted by Crippen LogP contribution is -2.70. The lowest BCUT2D eigenvalue weighted by molar-refractivity contribution is -0.398. The topological polar surface area (TPSA) is 711 Å². The first-order valence-electron chi connectivity index (χ1n) is 32.0. The summed E-state index contributed by atoms with van der Waals surface area (Å²) < 4.78 is 82.8. The Bertz CT molecular complexity index is 2590. The van der Waals surface area contributed by atoms with Gasteiger partial charge in [-0.3, -0.25) is 19.2 Å². The smallest absolute Gasteiger partial charge is 0.217 e. The molecule has 0 aromatic rings. The molecule has 7 saturated heterocycles. The van der Waals surface area contributed by atoms with Crippen molar-refractivity contribution in [2.24, 2.45) is 0 Å². The Labute approximate surface area is 572 Å². The number of ether oxygens (including phenoxy) is 14. The van der Waals surface area contributed by atoms with Gasteiger partial charge in [-0.1, -0.05) is 0 Å². The van der Waals surface area contributed by atoms with Gasteiger partial charge in [0.05, 0.1) is 65.5 Å². The zero-order valence-corrected chi connectivity index (χ0v) is 54.5. The number of nitrogens with one attached hydrogen (secondary N) is 4. The average molecular weight is 1480 g/mol. The van der Waals surface area contributed by atoms with Crippen molar-refractivity contribution in [3.8, 4) is 0 Å². The highest BCUT2D eigenvalue weighted by Crippen LogP contribution is 2.39. The molecule has 0 bridgehead atoms. The van der Waals surface area contributed by atoms with E-state index in [-0.39, 0.29) is 0 Å². The lowest BCUT2D eigenvalue weighted by Gasteiger charge is -2.51. The zero-order valence-electron chi connectivity index (χ0n) is 54.5. The highest BCUT2D eigenvalue weighted by molar-refractivity contribution is 5.74. The maximum atomic E-state index is 12.9. The second-order valence-corrected chi connectivity index (χ2v) is 25.1. The summed E-state index contributed by atoms with van der Waals surface area (Å²) >= 11 is 0. The van der Waals surface area contributed by atoms with E-state index in [4.69, 9.17) is 66.3 Å². The van der Waals surface area contributed by atoms with Gasteiger partial charge in [0, 0.05) is 27.7 Å². The first kappa shape index (κ1) is 84.7. The maximum absolute atomic E-state index is 12.9. The monoisotopic (exact) mass is 1480 g/mol. The van der Waals surface area contributed by atoms with Crippen molar-refractivity contribution < 1.29 is 203 Å². The van der Waals surface area contributed by atoms with Crippen LogP contribution in [0.1, 0.15) is 27.7 Å². The van der Waals surface area contributed by atoms with Crippen molar-refractivity contribution in [1.29, 1.82) is 0 Å². The van der Waals surface area contributed by atoms with Crippen molar-refractivity contribution in [3.63, 3.8) is 0 Å². The van der Waals surface area contributed by atoms with Crippen LogP contribution in [0.25, 0.3) is 0 Å². The fraction of sp³-hybridized carbons (Fsp3) is 0.929. The van der Waals surface area contributed by atoms with E-state index in [1.807, 2.05) is 0 Å². The van der Waals surface area contributed by atoms with Crippen LogP contribution < -0.4 is 21.3 Å². The van der Waals surface area contributed by atoms with Gasteiger partial charge in [0.25, 0.3) is 0 Å². The fourth-order valence-corrected chi connectivity index (χ4v) is 12.6. The summed E-state index contributed by atoms with van der Waals surface area (Å²) in [6.45, 7) is -5.91. The Morgan fingerprint density at radius 2 is 0.693 bits per heavy atom. The third-order valence-corrected chi connectivity index (χ3v) is 17.9. The Kier molecular flexibility index (Phi) is 31.7. The number of hydrogen-bond donors (Lipinski definition) is 27. The second kappa shape index (κ2) is 37.8. The molecule has 4 amide bonds. The predicted molar refractivity (Wildman–Crippen MR) is 313 cm³/mol. The molecule has 0 saturated carbocycles. The fourth-order valence-electron chi connectivity index (χ4n) is 12.6. The molecular weight excluding hydrogens is 1380 g/mol. The Morgan fingerprint density at radius 1 is 0.337 bits per heavy atom. The lowest BCUT2D eigenvalue weighted by atomic mass is 9.94. The third kappa shape index (κ3) is 19.6. The van der Waals surface area contributed by atoms with Crippen LogP contribution in [0.5, 0.6) is 0 Å². The molecule has 586 valence electrons. The van der Waals surface area contributed by atoms with Crippen LogP contribution >= 0.6 is 0 Å². The van der Waals surface area contributed by atoms with Crippen molar-refractivity contribution in [3.05, 3.63) is 0 Å². The molecule has 0 aromatic carbocycles.